The summed E-state index contributed by atoms with van der Waals surface area (Å²) in [5.41, 5.74) is 0. The van der Waals surface area contributed by atoms with Crippen molar-refractivity contribution in [3.05, 3.63) is 36.1 Å². The first-order valence-corrected chi connectivity index (χ1v) is 2.01. The van der Waals surface area contributed by atoms with Crippen LogP contribution in [0.1, 0.15) is 0 Å². The normalized spacial score (nSPS) is 7.62. The van der Waals surface area contributed by atoms with Gasteiger partial charge in [0.2, 0.25) is 0 Å². The van der Waals surface area contributed by atoms with Gasteiger partial charge in [0.15, 0.2) is 0 Å². The first-order chi connectivity index (χ1) is 3.39. The quantitative estimate of drug-likeness (QED) is 0.398. The summed E-state index contributed by atoms with van der Waals surface area (Å²) in [4.78, 5) is 0. The summed E-state index contributed by atoms with van der Waals surface area (Å²) in [5.74, 6) is -0.234. The van der Waals surface area contributed by atoms with Crippen LogP contribution in [0.5, 0.6) is 0 Å². The van der Waals surface area contributed by atoms with Crippen molar-refractivity contribution < 1.29 is 21.5 Å². The van der Waals surface area contributed by atoms with Crippen LogP contribution in [-0.4, -0.2) is 0 Å². The summed E-state index contributed by atoms with van der Waals surface area (Å²) in [6, 6.07) is 8.53. The molecule has 0 bridgehead atoms. The summed E-state index contributed by atoms with van der Waals surface area (Å²) >= 11 is 0. The van der Waals surface area contributed by atoms with E-state index in [9.17, 15) is 4.39 Å². The first kappa shape index (κ1) is 7.67. The van der Waals surface area contributed by atoms with Crippen molar-refractivity contribution in [3.63, 3.8) is 0 Å². The van der Waals surface area contributed by atoms with E-state index in [4.69, 9.17) is 0 Å². The molecule has 0 saturated carbocycles. The Kier molecular flexibility index (Phi) is 3.49. The molecule has 46 valence electrons. The Labute approximate surface area is 58.2 Å². The second-order valence-corrected chi connectivity index (χ2v) is 1.22. The fraction of sp³-hybridized carbons (Fsp3) is 0. The Balaban J connectivity index is 0.000000490. The summed E-state index contributed by atoms with van der Waals surface area (Å²) in [7, 11) is 0. The molecule has 1 aromatic carbocycles. The molecular formula is C6H4CuF. The van der Waals surface area contributed by atoms with Gasteiger partial charge in [0, 0.05) is 5.82 Å². The summed E-state index contributed by atoms with van der Waals surface area (Å²) < 4.78 is 11.9. The van der Waals surface area contributed by atoms with E-state index in [-0.39, 0.29) is 22.9 Å². The monoisotopic (exact) mass is 158 g/mol. The van der Waals surface area contributed by atoms with Crippen molar-refractivity contribution in [2.24, 2.45) is 0 Å². The molecule has 0 aromatic heterocycles. The molecule has 0 amide bonds. The summed E-state index contributed by atoms with van der Waals surface area (Å²) in [6.45, 7) is 0. The average molecular weight is 159 g/mol. The van der Waals surface area contributed by atoms with Gasteiger partial charge < -0.3 is 0 Å². The largest absolute Gasteiger partial charge is 1.00 e. The number of halogens is 1. The van der Waals surface area contributed by atoms with Gasteiger partial charge in [-0.05, 0) is 0 Å². The van der Waals surface area contributed by atoms with Gasteiger partial charge in [-0.3, -0.25) is 4.39 Å². The van der Waals surface area contributed by atoms with Crippen LogP contribution in [-0.2, 0) is 17.1 Å². The molecule has 1 aromatic rings. The number of rotatable bonds is 0. The molecule has 2 heteroatoms. The molecule has 0 nitrogen and oxygen atoms in total. The van der Waals surface area contributed by atoms with Crippen LogP contribution in [0.25, 0.3) is 0 Å². The van der Waals surface area contributed by atoms with Gasteiger partial charge in [-0.2, -0.15) is 18.2 Å². The second-order valence-electron chi connectivity index (χ2n) is 1.22. The maximum atomic E-state index is 11.9. The minimum Gasteiger partial charge on any atom is -0.284 e. The Bertz CT molecular complexity index is 138. The molecule has 0 saturated heterocycles. The Hall–Kier alpha value is -0.331. The molecule has 8 heavy (non-hydrogen) atoms. The van der Waals surface area contributed by atoms with Crippen LogP contribution >= 0.6 is 0 Å². The van der Waals surface area contributed by atoms with Crippen molar-refractivity contribution in [1.29, 1.82) is 0 Å². The SMILES string of the molecule is Fc1c[c-]ccc1.[Cu+]. The van der Waals surface area contributed by atoms with Gasteiger partial charge in [-0.15, -0.1) is 12.1 Å². The smallest absolute Gasteiger partial charge is 0.284 e. The standard InChI is InChI=1S/C6H4F.Cu/c7-6-4-2-1-3-5-6;/h1-2,4-5H;/q-1;+1. The van der Waals surface area contributed by atoms with Crippen LogP contribution in [0.2, 0.25) is 0 Å². The fourth-order valence-electron chi connectivity index (χ4n) is 0.371. The van der Waals surface area contributed by atoms with E-state index in [1.165, 1.54) is 12.1 Å². The van der Waals surface area contributed by atoms with Crippen LogP contribution in [0.3, 0.4) is 0 Å². The van der Waals surface area contributed by atoms with Gasteiger partial charge in [0.1, 0.15) is 0 Å². The van der Waals surface area contributed by atoms with E-state index in [1.807, 2.05) is 0 Å². The maximum absolute atomic E-state index is 11.9. The molecule has 0 N–H and O–H groups in total. The third-order valence-electron chi connectivity index (χ3n) is 0.669. The zero-order valence-corrected chi connectivity index (χ0v) is 4.93. The first-order valence-electron chi connectivity index (χ1n) is 2.01. The van der Waals surface area contributed by atoms with Crippen LogP contribution in [0.15, 0.2) is 24.3 Å². The van der Waals surface area contributed by atoms with E-state index >= 15 is 0 Å². The minimum atomic E-state index is -0.234. The van der Waals surface area contributed by atoms with E-state index in [0.29, 0.717) is 0 Å². The Morgan fingerprint density at radius 2 is 2.25 bits per heavy atom. The van der Waals surface area contributed by atoms with E-state index in [2.05, 4.69) is 6.07 Å². The molecular weight excluding hydrogens is 155 g/mol. The van der Waals surface area contributed by atoms with Gasteiger partial charge in [-0.1, -0.05) is 0 Å². The van der Waals surface area contributed by atoms with Gasteiger partial charge in [0.25, 0.3) is 0 Å². The summed E-state index contributed by atoms with van der Waals surface area (Å²) in [5, 5.41) is 0. The molecule has 1 rings (SSSR count). The van der Waals surface area contributed by atoms with Crippen molar-refractivity contribution in [2.75, 3.05) is 0 Å². The zero-order chi connectivity index (χ0) is 5.11. The average Bonchev–Trinajstić information content (AvgIpc) is 1.69. The molecule has 0 aliphatic heterocycles. The zero-order valence-electron chi connectivity index (χ0n) is 3.99. The van der Waals surface area contributed by atoms with E-state index < -0.39 is 0 Å². The molecule has 0 aliphatic carbocycles. The Morgan fingerprint density at radius 1 is 1.50 bits per heavy atom. The van der Waals surface area contributed by atoms with Gasteiger partial charge in [0.05, 0.1) is 0 Å². The second kappa shape index (κ2) is 3.64. The Morgan fingerprint density at radius 3 is 2.50 bits per heavy atom. The molecule has 0 aliphatic rings. The molecule has 0 radical (unpaired) electrons. The maximum Gasteiger partial charge on any atom is 1.00 e. The van der Waals surface area contributed by atoms with Crippen molar-refractivity contribution >= 4 is 0 Å². The molecule has 0 heterocycles. The predicted molar refractivity (Wildman–Crippen MR) is 25.2 cm³/mol. The van der Waals surface area contributed by atoms with Crippen LogP contribution in [0, 0.1) is 11.9 Å². The molecule has 0 fully saturated rings. The fourth-order valence-corrected chi connectivity index (χ4v) is 0.371. The topological polar surface area (TPSA) is 0 Å². The van der Waals surface area contributed by atoms with E-state index in [0.717, 1.165) is 0 Å². The van der Waals surface area contributed by atoms with Crippen LogP contribution in [0.4, 0.5) is 4.39 Å². The summed E-state index contributed by atoms with van der Waals surface area (Å²) in [6.07, 6.45) is 0. The van der Waals surface area contributed by atoms with Gasteiger partial charge in [-0.25, -0.2) is 0 Å². The van der Waals surface area contributed by atoms with Crippen LogP contribution < -0.4 is 0 Å². The predicted octanol–water partition coefficient (Wildman–Crippen LogP) is 1.62. The number of benzene rings is 1. The van der Waals surface area contributed by atoms with Crippen molar-refractivity contribution in [1.82, 2.24) is 0 Å². The third-order valence-corrected chi connectivity index (χ3v) is 0.669. The number of hydrogen-bond donors (Lipinski definition) is 0. The van der Waals surface area contributed by atoms with Gasteiger partial charge >= 0.3 is 17.1 Å². The minimum absolute atomic E-state index is 0. The molecule has 0 spiro atoms. The molecule has 0 unspecified atom stereocenters. The van der Waals surface area contributed by atoms with Crippen molar-refractivity contribution in [3.8, 4) is 0 Å². The third kappa shape index (κ3) is 2.10. The molecule has 0 atom stereocenters. The van der Waals surface area contributed by atoms with E-state index in [1.54, 1.807) is 12.1 Å². The number of hydrogen-bond acceptors (Lipinski definition) is 0. The van der Waals surface area contributed by atoms with Crippen molar-refractivity contribution in [2.45, 2.75) is 0 Å².